The van der Waals surface area contributed by atoms with Crippen LogP contribution in [0.15, 0.2) is 5.38 Å². The lowest BCUT2D eigenvalue weighted by atomic mass is 10.2. The predicted molar refractivity (Wildman–Crippen MR) is 81.6 cm³/mol. The van der Waals surface area contributed by atoms with Crippen molar-refractivity contribution in [2.75, 3.05) is 24.5 Å². The van der Waals surface area contributed by atoms with Crippen LogP contribution in [0.2, 0.25) is 0 Å². The zero-order chi connectivity index (χ0) is 13.4. The number of anilines is 1. The predicted octanol–water partition coefficient (Wildman–Crippen LogP) is 3.83. The number of hydrogen-bond acceptors (Lipinski definition) is 4. The first-order chi connectivity index (χ1) is 8.72. The Balaban J connectivity index is 2.64. The summed E-state index contributed by atoms with van der Waals surface area (Å²) in [6.45, 7) is 12.1. The summed E-state index contributed by atoms with van der Waals surface area (Å²) >= 11 is 1.77. The van der Waals surface area contributed by atoms with Crippen LogP contribution in [0.25, 0.3) is 0 Å². The van der Waals surface area contributed by atoms with Gasteiger partial charge in [0.1, 0.15) is 0 Å². The molecule has 4 heteroatoms. The van der Waals surface area contributed by atoms with Gasteiger partial charge < -0.3 is 10.2 Å². The normalized spacial score (nSPS) is 12.7. The van der Waals surface area contributed by atoms with Crippen LogP contribution in [0.3, 0.4) is 0 Å². The van der Waals surface area contributed by atoms with Gasteiger partial charge in [-0.15, -0.1) is 11.3 Å². The SMILES string of the molecule is CCCNC(C)c1csc(N(CCC)CCC)n1. The minimum Gasteiger partial charge on any atom is -0.348 e. The van der Waals surface area contributed by atoms with Gasteiger partial charge >= 0.3 is 0 Å². The maximum atomic E-state index is 4.78. The number of nitrogens with one attached hydrogen (secondary N) is 1. The molecule has 0 bridgehead atoms. The third kappa shape index (κ3) is 4.58. The maximum Gasteiger partial charge on any atom is 0.185 e. The smallest absolute Gasteiger partial charge is 0.185 e. The molecular weight excluding hydrogens is 242 g/mol. The second-order valence-corrected chi connectivity index (χ2v) is 5.55. The van der Waals surface area contributed by atoms with Crippen LogP contribution in [-0.2, 0) is 0 Å². The molecule has 1 heterocycles. The minimum absolute atomic E-state index is 0.361. The zero-order valence-corrected chi connectivity index (χ0v) is 13.0. The largest absolute Gasteiger partial charge is 0.348 e. The number of aromatic nitrogens is 1. The van der Waals surface area contributed by atoms with E-state index in [0.29, 0.717) is 6.04 Å². The van der Waals surface area contributed by atoms with E-state index >= 15 is 0 Å². The van der Waals surface area contributed by atoms with Crippen molar-refractivity contribution in [2.24, 2.45) is 0 Å². The molecular formula is C14H27N3S. The van der Waals surface area contributed by atoms with E-state index in [1.54, 1.807) is 11.3 Å². The molecule has 1 N–H and O–H groups in total. The van der Waals surface area contributed by atoms with E-state index in [0.717, 1.165) is 19.6 Å². The van der Waals surface area contributed by atoms with Crippen molar-refractivity contribution >= 4 is 16.5 Å². The first kappa shape index (κ1) is 15.4. The third-order valence-corrected chi connectivity index (χ3v) is 3.83. The molecule has 3 nitrogen and oxygen atoms in total. The molecule has 1 rings (SSSR count). The highest BCUT2D eigenvalue weighted by atomic mass is 32.1. The van der Waals surface area contributed by atoms with Gasteiger partial charge in [0.05, 0.1) is 5.69 Å². The maximum absolute atomic E-state index is 4.78. The number of hydrogen-bond donors (Lipinski definition) is 1. The molecule has 18 heavy (non-hydrogen) atoms. The molecule has 0 amide bonds. The molecule has 1 aromatic heterocycles. The average Bonchev–Trinajstić information content (AvgIpc) is 2.85. The molecule has 104 valence electrons. The Kier molecular flexibility index (Phi) is 7.28. The molecule has 0 aliphatic heterocycles. The second kappa shape index (κ2) is 8.48. The summed E-state index contributed by atoms with van der Waals surface area (Å²) in [7, 11) is 0. The number of rotatable bonds is 9. The Labute approximate surface area is 116 Å². The van der Waals surface area contributed by atoms with Crippen LogP contribution in [0.5, 0.6) is 0 Å². The Morgan fingerprint density at radius 2 is 1.89 bits per heavy atom. The highest BCUT2D eigenvalue weighted by Gasteiger charge is 2.13. The summed E-state index contributed by atoms with van der Waals surface area (Å²) in [5, 5.41) is 6.87. The minimum atomic E-state index is 0.361. The molecule has 0 spiro atoms. The van der Waals surface area contributed by atoms with Gasteiger partial charge in [-0.25, -0.2) is 4.98 Å². The lowest BCUT2D eigenvalue weighted by molar-refractivity contribution is 0.560. The summed E-state index contributed by atoms with van der Waals surface area (Å²) in [6, 6.07) is 0.361. The molecule has 0 fully saturated rings. The first-order valence-electron chi connectivity index (χ1n) is 7.16. The molecule has 0 radical (unpaired) electrons. The van der Waals surface area contributed by atoms with E-state index in [9.17, 15) is 0 Å². The molecule has 1 aromatic rings. The highest BCUT2D eigenvalue weighted by molar-refractivity contribution is 7.13. The monoisotopic (exact) mass is 269 g/mol. The Bertz CT molecular complexity index is 319. The Morgan fingerprint density at radius 1 is 1.22 bits per heavy atom. The summed E-state index contributed by atoms with van der Waals surface area (Å²) in [6.07, 6.45) is 3.52. The molecule has 1 atom stereocenters. The fourth-order valence-corrected chi connectivity index (χ4v) is 2.90. The van der Waals surface area contributed by atoms with Crippen molar-refractivity contribution in [1.82, 2.24) is 10.3 Å². The molecule has 1 unspecified atom stereocenters. The van der Waals surface area contributed by atoms with Gasteiger partial charge in [0.15, 0.2) is 5.13 Å². The van der Waals surface area contributed by atoms with Crippen LogP contribution >= 0.6 is 11.3 Å². The van der Waals surface area contributed by atoms with Gasteiger partial charge in [-0.1, -0.05) is 20.8 Å². The van der Waals surface area contributed by atoms with E-state index in [2.05, 4.69) is 43.3 Å². The lowest BCUT2D eigenvalue weighted by Crippen LogP contribution is -2.25. The Hall–Kier alpha value is -0.610. The third-order valence-electron chi connectivity index (χ3n) is 2.91. The van der Waals surface area contributed by atoms with Gasteiger partial charge in [0.25, 0.3) is 0 Å². The lowest BCUT2D eigenvalue weighted by Gasteiger charge is -2.20. The van der Waals surface area contributed by atoms with Gasteiger partial charge in [-0.3, -0.25) is 0 Å². The summed E-state index contributed by atoms with van der Waals surface area (Å²) < 4.78 is 0. The van der Waals surface area contributed by atoms with Crippen molar-refractivity contribution in [3.05, 3.63) is 11.1 Å². The standard InChI is InChI=1S/C14H27N3S/c1-5-8-15-12(4)13-11-18-14(16-13)17(9-6-2)10-7-3/h11-12,15H,5-10H2,1-4H3. The van der Waals surface area contributed by atoms with Crippen molar-refractivity contribution < 1.29 is 0 Å². The molecule has 0 aromatic carbocycles. The van der Waals surface area contributed by atoms with E-state index in [-0.39, 0.29) is 0 Å². The summed E-state index contributed by atoms with van der Waals surface area (Å²) in [5.41, 5.74) is 1.18. The van der Waals surface area contributed by atoms with Crippen LogP contribution in [0.1, 0.15) is 58.7 Å². The second-order valence-electron chi connectivity index (χ2n) is 4.72. The van der Waals surface area contributed by atoms with Crippen molar-refractivity contribution in [2.45, 2.75) is 53.0 Å². The fourth-order valence-electron chi connectivity index (χ4n) is 1.93. The molecule has 0 saturated carbocycles. The number of nitrogens with zero attached hydrogens (tertiary/aromatic N) is 2. The van der Waals surface area contributed by atoms with Gasteiger partial charge in [0.2, 0.25) is 0 Å². The summed E-state index contributed by atoms with van der Waals surface area (Å²) in [4.78, 5) is 7.19. The van der Waals surface area contributed by atoms with Crippen molar-refractivity contribution in [3.8, 4) is 0 Å². The van der Waals surface area contributed by atoms with E-state index in [4.69, 9.17) is 4.98 Å². The van der Waals surface area contributed by atoms with Crippen LogP contribution in [-0.4, -0.2) is 24.6 Å². The summed E-state index contributed by atoms with van der Waals surface area (Å²) in [5.74, 6) is 0. The average molecular weight is 269 g/mol. The van der Waals surface area contributed by atoms with Crippen LogP contribution in [0.4, 0.5) is 5.13 Å². The molecule has 0 aliphatic rings. The quantitative estimate of drug-likeness (QED) is 0.738. The van der Waals surface area contributed by atoms with Crippen LogP contribution in [0, 0.1) is 0 Å². The van der Waals surface area contributed by atoms with Crippen LogP contribution < -0.4 is 10.2 Å². The van der Waals surface area contributed by atoms with E-state index in [1.165, 1.54) is 30.1 Å². The zero-order valence-electron chi connectivity index (χ0n) is 12.2. The topological polar surface area (TPSA) is 28.2 Å². The van der Waals surface area contributed by atoms with Gasteiger partial charge in [-0.05, 0) is 32.7 Å². The highest BCUT2D eigenvalue weighted by Crippen LogP contribution is 2.24. The van der Waals surface area contributed by atoms with Gasteiger partial charge in [0, 0.05) is 24.5 Å². The molecule has 0 saturated heterocycles. The van der Waals surface area contributed by atoms with Crippen molar-refractivity contribution in [3.63, 3.8) is 0 Å². The fraction of sp³-hybridized carbons (Fsp3) is 0.786. The number of thiazole rings is 1. The molecule has 0 aliphatic carbocycles. The van der Waals surface area contributed by atoms with E-state index in [1.807, 2.05) is 0 Å². The Morgan fingerprint density at radius 3 is 2.44 bits per heavy atom. The first-order valence-corrected chi connectivity index (χ1v) is 8.04. The van der Waals surface area contributed by atoms with Gasteiger partial charge in [-0.2, -0.15) is 0 Å². The van der Waals surface area contributed by atoms with Crippen molar-refractivity contribution in [1.29, 1.82) is 0 Å². The van der Waals surface area contributed by atoms with E-state index < -0.39 is 0 Å².